The Bertz CT molecular complexity index is 888. The topological polar surface area (TPSA) is 104 Å². The second kappa shape index (κ2) is 8.89. The highest BCUT2D eigenvalue weighted by Gasteiger charge is 2.32. The molecule has 1 amide bonds. The van der Waals surface area contributed by atoms with Crippen LogP contribution in [0, 0.1) is 5.92 Å². The van der Waals surface area contributed by atoms with Crippen molar-refractivity contribution in [2.45, 2.75) is 37.1 Å². The largest absolute Gasteiger partial charge is 0.349 e. The number of nitrogens with zero attached hydrogens (tertiary/aromatic N) is 2. The quantitative estimate of drug-likeness (QED) is 0.698. The molecular formula is C18H29N3O5S2. The van der Waals surface area contributed by atoms with Crippen LogP contribution in [0.3, 0.4) is 0 Å². The van der Waals surface area contributed by atoms with Gasteiger partial charge in [0.2, 0.25) is 5.91 Å². The fourth-order valence-corrected chi connectivity index (χ4v) is 5.00. The van der Waals surface area contributed by atoms with Crippen molar-refractivity contribution < 1.29 is 21.6 Å². The van der Waals surface area contributed by atoms with Crippen LogP contribution >= 0.6 is 0 Å². The first-order chi connectivity index (χ1) is 13.0. The number of rotatable bonds is 7. The Morgan fingerprint density at radius 2 is 1.68 bits per heavy atom. The van der Waals surface area contributed by atoms with Crippen molar-refractivity contribution >= 4 is 26.0 Å². The second-order valence-electron chi connectivity index (χ2n) is 7.27. The third-order valence-corrected chi connectivity index (χ3v) is 8.12. The monoisotopic (exact) mass is 431 g/mol. The van der Waals surface area contributed by atoms with Gasteiger partial charge in [-0.25, -0.2) is 8.42 Å². The minimum absolute atomic E-state index is 0.0964. The molecule has 2 rings (SSSR count). The first-order valence-corrected chi connectivity index (χ1v) is 12.5. The molecule has 1 aliphatic rings. The third kappa shape index (κ3) is 5.31. The molecule has 158 valence electrons. The van der Waals surface area contributed by atoms with E-state index < -0.39 is 20.0 Å². The lowest BCUT2D eigenvalue weighted by Crippen LogP contribution is -2.47. The molecule has 0 bridgehead atoms. The SMILES string of the molecule is CC[C@H](NC(=O)C1CCN(S(=O)(=O)N(C)C)CC1)c1ccc(S(C)(=O)=O)cc1. The average Bonchev–Trinajstić information content (AvgIpc) is 2.65. The van der Waals surface area contributed by atoms with Gasteiger partial charge in [0.25, 0.3) is 10.2 Å². The summed E-state index contributed by atoms with van der Waals surface area (Å²) in [5, 5.41) is 3.02. The number of carbonyl (C=O) groups excluding carboxylic acids is 1. The predicted octanol–water partition coefficient (Wildman–Crippen LogP) is 1.18. The lowest BCUT2D eigenvalue weighted by atomic mass is 9.96. The number of sulfone groups is 1. The molecule has 1 saturated heterocycles. The number of piperidine rings is 1. The van der Waals surface area contributed by atoms with Crippen molar-refractivity contribution in [3.05, 3.63) is 29.8 Å². The van der Waals surface area contributed by atoms with Gasteiger partial charge in [-0.2, -0.15) is 17.0 Å². The summed E-state index contributed by atoms with van der Waals surface area (Å²) >= 11 is 0. The van der Waals surface area contributed by atoms with Gasteiger partial charge in [-0.05, 0) is 37.0 Å². The van der Waals surface area contributed by atoms with E-state index in [2.05, 4.69) is 5.32 Å². The number of carbonyl (C=O) groups is 1. The van der Waals surface area contributed by atoms with Gasteiger partial charge in [-0.3, -0.25) is 4.79 Å². The van der Waals surface area contributed by atoms with E-state index in [-0.39, 0.29) is 22.8 Å². The number of nitrogens with one attached hydrogen (secondary N) is 1. The summed E-state index contributed by atoms with van der Waals surface area (Å²) in [4.78, 5) is 12.9. The van der Waals surface area contributed by atoms with Crippen LogP contribution in [0.5, 0.6) is 0 Å². The van der Waals surface area contributed by atoms with Crippen LogP contribution in [0.25, 0.3) is 0 Å². The van der Waals surface area contributed by atoms with E-state index in [9.17, 15) is 21.6 Å². The Kier molecular flexibility index (Phi) is 7.24. The summed E-state index contributed by atoms with van der Waals surface area (Å²) in [5.41, 5.74) is 0.843. The molecular weight excluding hydrogens is 402 g/mol. The van der Waals surface area contributed by atoms with Gasteiger partial charge in [0.15, 0.2) is 9.84 Å². The van der Waals surface area contributed by atoms with E-state index in [0.717, 1.165) is 11.8 Å². The number of hydrogen-bond acceptors (Lipinski definition) is 5. The molecule has 0 unspecified atom stereocenters. The van der Waals surface area contributed by atoms with Gasteiger partial charge in [-0.1, -0.05) is 19.1 Å². The summed E-state index contributed by atoms with van der Waals surface area (Å²) in [6.07, 6.45) is 2.77. The van der Waals surface area contributed by atoms with Crippen LogP contribution in [0.4, 0.5) is 0 Å². The van der Waals surface area contributed by atoms with Gasteiger partial charge in [0, 0.05) is 39.4 Å². The molecule has 0 saturated carbocycles. The number of hydrogen-bond donors (Lipinski definition) is 1. The van der Waals surface area contributed by atoms with E-state index in [1.165, 1.54) is 22.7 Å². The van der Waals surface area contributed by atoms with Gasteiger partial charge in [-0.15, -0.1) is 0 Å². The normalized spacial score (nSPS) is 18.2. The zero-order chi connectivity index (χ0) is 21.1. The molecule has 0 radical (unpaired) electrons. The van der Waals surface area contributed by atoms with Gasteiger partial charge in [0.05, 0.1) is 10.9 Å². The van der Waals surface area contributed by atoms with Crippen LogP contribution in [0.1, 0.15) is 37.8 Å². The molecule has 1 aliphatic heterocycles. The molecule has 1 N–H and O–H groups in total. The Morgan fingerprint density at radius 1 is 1.14 bits per heavy atom. The fraction of sp³-hybridized carbons (Fsp3) is 0.611. The van der Waals surface area contributed by atoms with E-state index in [1.807, 2.05) is 6.92 Å². The molecule has 1 atom stereocenters. The van der Waals surface area contributed by atoms with Crippen LogP contribution < -0.4 is 5.32 Å². The molecule has 8 nitrogen and oxygen atoms in total. The van der Waals surface area contributed by atoms with Crippen LogP contribution in [0.2, 0.25) is 0 Å². The summed E-state index contributed by atoms with van der Waals surface area (Å²) < 4.78 is 50.1. The zero-order valence-electron chi connectivity index (χ0n) is 16.8. The van der Waals surface area contributed by atoms with Crippen LogP contribution in [-0.2, 0) is 24.8 Å². The van der Waals surface area contributed by atoms with Crippen LogP contribution in [0.15, 0.2) is 29.2 Å². The summed E-state index contributed by atoms with van der Waals surface area (Å²) in [6, 6.07) is 6.31. The van der Waals surface area contributed by atoms with Crippen molar-refractivity contribution in [3.63, 3.8) is 0 Å². The Hall–Kier alpha value is -1.49. The molecule has 28 heavy (non-hydrogen) atoms. The third-order valence-electron chi connectivity index (χ3n) is 5.05. The molecule has 0 aromatic heterocycles. The lowest BCUT2D eigenvalue weighted by molar-refractivity contribution is -0.126. The smallest absolute Gasteiger partial charge is 0.281 e. The maximum Gasteiger partial charge on any atom is 0.281 e. The highest BCUT2D eigenvalue weighted by Crippen LogP contribution is 2.24. The summed E-state index contributed by atoms with van der Waals surface area (Å²) in [5.74, 6) is -0.334. The zero-order valence-corrected chi connectivity index (χ0v) is 18.4. The van der Waals surface area contributed by atoms with E-state index in [1.54, 1.807) is 24.3 Å². The Balaban J connectivity index is 2.00. The molecule has 1 fully saturated rings. The first kappa shape index (κ1) is 22.8. The van der Waals surface area contributed by atoms with Crippen molar-refractivity contribution in [1.82, 2.24) is 13.9 Å². The minimum atomic E-state index is -3.45. The molecule has 10 heteroatoms. The maximum atomic E-state index is 12.7. The summed E-state index contributed by atoms with van der Waals surface area (Å²) in [6.45, 7) is 2.58. The maximum absolute atomic E-state index is 12.7. The lowest BCUT2D eigenvalue weighted by Gasteiger charge is -2.32. The number of amides is 1. The molecule has 1 aromatic rings. The fourth-order valence-electron chi connectivity index (χ4n) is 3.24. The molecule has 1 aromatic carbocycles. The van der Waals surface area contributed by atoms with Crippen molar-refractivity contribution in [2.75, 3.05) is 33.4 Å². The van der Waals surface area contributed by atoms with Crippen molar-refractivity contribution in [2.24, 2.45) is 5.92 Å². The summed E-state index contributed by atoms with van der Waals surface area (Å²) in [7, 11) is -3.72. The highest BCUT2D eigenvalue weighted by molar-refractivity contribution is 7.90. The van der Waals surface area contributed by atoms with E-state index >= 15 is 0 Å². The highest BCUT2D eigenvalue weighted by atomic mass is 32.2. The second-order valence-corrected chi connectivity index (χ2v) is 11.4. The van der Waals surface area contributed by atoms with Crippen molar-refractivity contribution in [1.29, 1.82) is 0 Å². The standard InChI is InChI=1S/C18H29N3O5S2/c1-5-17(14-6-8-16(9-7-14)27(4,23)24)19-18(22)15-10-12-21(13-11-15)28(25,26)20(2)3/h6-9,15,17H,5,10-13H2,1-4H3,(H,19,22)/t17-/m0/s1. The van der Waals surface area contributed by atoms with Crippen LogP contribution in [-0.4, -0.2) is 64.8 Å². The predicted molar refractivity (Wildman–Crippen MR) is 108 cm³/mol. The Labute approximate surface area is 168 Å². The van der Waals surface area contributed by atoms with E-state index in [4.69, 9.17) is 0 Å². The average molecular weight is 432 g/mol. The minimum Gasteiger partial charge on any atom is -0.349 e. The van der Waals surface area contributed by atoms with Gasteiger partial charge < -0.3 is 5.32 Å². The number of benzene rings is 1. The van der Waals surface area contributed by atoms with E-state index in [0.29, 0.717) is 32.4 Å². The van der Waals surface area contributed by atoms with Crippen molar-refractivity contribution in [3.8, 4) is 0 Å². The van der Waals surface area contributed by atoms with Gasteiger partial charge >= 0.3 is 0 Å². The first-order valence-electron chi connectivity index (χ1n) is 9.24. The molecule has 1 heterocycles. The Morgan fingerprint density at radius 3 is 2.11 bits per heavy atom. The molecule has 0 spiro atoms. The van der Waals surface area contributed by atoms with Gasteiger partial charge in [0.1, 0.15) is 0 Å². The molecule has 0 aliphatic carbocycles.